The van der Waals surface area contributed by atoms with Crippen molar-refractivity contribution in [2.24, 2.45) is 0 Å². The lowest BCUT2D eigenvalue weighted by atomic mass is 10.2. The van der Waals surface area contributed by atoms with Crippen LogP contribution in [0.15, 0.2) is 0 Å². The minimum absolute atomic E-state index is 0.286. The van der Waals surface area contributed by atoms with Crippen molar-refractivity contribution in [3.63, 3.8) is 0 Å². The fourth-order valence-electron chi connectivity index (χ4n) is 0.517. The third-order valence-corrected chi connectivity index (χ3v) is 1.14. The van der Waals surface area contributed by atoms with Gasteiger partial charge in [0.1, 0.15) is 0 Å². The smallest absolute Gasteiger partial charge is 0.0895 e. The molecule has 0 saturated carbocycles. The summed E-state index contributed by atoms with van der Waals surface area (Å²) in [5, 5.41) is 8.82. The molecular weight excluding hydrogens is 107 g/mol. The standard InChI is InChI=1S/C6H13FO/c1-2-6(8)4-3-5-7/h6,8H,2-5H2,1H3/t6-/m1/s1. The van der Waals surface area contributed by atoms with Gasteiger partial charge < -0.3 is 5.11 Å². The van der Waals surface area contributed by atoms with E-state index >= 15 is 0 Å². The predicted molar refractivity (Wildman–Crippen MR) is 31.5 cm³/mol. The molecule has 2 heteroatoms. The summed E-state index contributed by atoms with van der Waals surface area (Å²) in [6.45, 7) is 1.58. The molecule has 0 aliphatic heterocycles. The van der Waals surface area contributed by atoms with Gasteiger partial charge in [-0.05, 0) is 19.3 Å². The lowest BCUT2D eigenvalue weighted by Crippen LogP contribution is -2.03. The van der Waals surface area contributed by atoms with Gasteiger partial charge in [0.05, 0.1) is 12.8 Å². The lowest BCUT2D eigenvalue weighted by molar-refractivity contribution is 0.154. The Morgan fingerprint density at radius 2 is 2.25 bits per heavy atom. The zero-order chi connectivity index (χ0) is 6.41. The first-order valence-corrected chi connectivity index (χ1v) is 3.05. The number of aliphatic hydroxyl groups excluding tert-OH is 1. The second-order valence-electron chi connectivity index (χ2n) is 1.89. The molecule has 0 rings (SSSR count). The van der Waals surface area contributed by atoms with Crippen LogP contribution < -0.4 is 0 Å². The molecule has 0 bridgehead atoms. The molecule has 50 valence electrons. The minimum Gasteiger partial charge on any atom is -0.393 e. The van der Waals surface area contributed by atoms with Gasteiger partial charge in [0, 0.05) is 0 Å². The zero-order valence-electron chi connectivity index (χ0n) is 5.23. The molecule has 0 aliphatic carbocycles. The van der Waals surface area contributed by atoms with Gasteiger partial charge in [-0.3, -0.25) is 4.39 Å². The van der Waals surface area contributed by atoms with E-state index in [0.717, 1.165) is 6.42 Å². The number of halogens is 1. The zero-order valence-corrected chi connectivity index (χ0v) is 5.23. The summed E-state index contributed by atoms with van der Waals surface area (Å²) in [7, 11) is 0. The Balaban J connectivity index is 2.86. The summed E-state index contributed by atoms with van der Waals surface area (Å²) in [5.41, 5.74) is 0. The van der Waals surface area contributed by atoms with Crippen LogP contribution >= 0.6 is 0 Å². The van der Waals surface area contributed by atoms with Gasteiger partial charge in [0.15, 0.2) is 0 Å². The van der Waals surface area contributed by atoms with E-state index < -0.39 is 0 Å². The third kappa shape index (κ3) is 4.06. The fourth-order valence-corrected chi connectivity index (χ4v) is 0.517. The van der Waals surface area contributed by atoms with Gasteiger partial charge in [-0.1, -0.05) is 6.92 Å². The number of rotatable bonds is 4. The van der Waals surface area contributed by atoms with Crippen molar-refractivity contribution < 1.29 is 9.50 Å². The summed E-state index contributed by atoms with van der Waals surface area (Å²) in [6, 6.07) is 0. The highest BCUT2D eigenvalue weighted by atomic mass is 19.1. The molecule has 1 N–H and O–H groups in total. The Morgan fingerprint density at radius 3 is 2.62 bits per heavy atom. The Bertz CT molecular complexity index is 47.8. The van der Waals surface area contributed by atoms with E-state index in [1.807, 2.05) is 6.92 Å². The molecule has 0 amide bonds. The Morgan fingerprint density at radius 1 is 1.62 bits per heavy atom. The summed E-state index contributed by atoms with van der Waals surface area (Å²) in [6.07, 6.45) is 1.55. The van der Waals surface area contributed by atoms with Crippen LogP contribution in [0, 0.1) is 0 Å². The molecule has 0 fully saturated rings. The number of hydrogen-bond donors (Lipinski definition) is 1. The molecule has 1 nitrogen and oxygen atoms in total. The Labute approximate surface area is 49.5 Å². The van der Waals surface area contributed by atoms with E-state index in [1.165, 1.54) is 0 Å². The van der Waals surface area contributed by atoms with Crippen LogP contribution in [0.5, 0.6) is 0 Å². The highest BCUT2D eigenvalue weighted by Gasteiger charge is 1.97. The molecule has 1 atom stereocenters. The maximum Gasteiger partial charge on any atom is 0.0895 e. The predicted octanol–water partition coefficient (Wildman–Crippen LogP) is 1.51. The summed E-state index contributed by atoms with van der Waals surface area (Å²) >= 11 is 0. The van der Waals surface area contributed by atoms with Crippen LogP contribution in [0.2, 0.25) is 0 Å². The molecule has 8 heavy (non-hydrogen) atoms. The summed E-state index contributed by atoms with van der Waals surface area (Å²) in [5.74, 6) is 0. The number of hydrogen-bond acceptors (Lipinski definition) is 1. The van der Waals surface area contributed by atoms with E-state index in [9.17, 15) is 4.39 Å². The Hall–Kier alpha value is -0.110. The van der Waals surface area contributed by atoms with Crippen molar-refractivity contribution in [2.75, 3.05) is 6.67 Å². The Kier molecular flexibility index (Phi) is 4.97. The maximum absolute atomic E-state index is 11.4. The minimum atomic E-state index is -0.308. The van der Waals surface area contributed by atoms with Crippen molar-refractivity contribution in [1.29, 1.82) is 0 Å². The van der Waals surface area contributed by atoms with E-state index in [2.05, 4.69) is 0 Å². The lowest BCUT2D eigenvalue weighted by Gasteiger charge is -2.02. The first-order valence-electron chi connectivity index (χ1n) is 3.05. The fraction of sp³-hybridized carbons (Fsp3) is 1.00. The maximum atomic E-state index is 11.4. The van der Waals surface area contributed by atoms with Crippen LogP contribution in [0.3, 0.4) is 0 Å². The largest absolute Gasteiger partial charge is 0.393 e. The van der Waals surface area contributed by atoms with E-state index in [4.69, 9.17) is 5.11 Å². The average molecular weight is 120 g/mol. The van der Waals surface area contributed by atoms with Crippen molar-refractivity contribution in [3.05, 3.63) is 0 Å². The summed E-state index contributed by atoms with van der Waals surface area (Å²) < 4.78 is 11.4. The normalized spacial score (nSPS) is 13.9. The molecule has 0 saturated heterocycles. The van der Waals surface area contributed by atoms with E-state index in [0.29, 0.717) is 12.8 Å². The first kappa shape index (κ1) is 7.89. The average Bonchev–Trinajstić information content (AvgIpc) is 1.83. The van der Waals surface area contributed by atoms with Crippen molar-refractivity contribution >= 4 is 0 Å². The van der Waals surface area contributed by atoms with Gasteiger partial charge >= 0.3 is 0 Å². The monoisotopic (exact) mass is 120 g/mol. The third-order valence-electron chi connectivity index (χ3n) is 1.14. The SMILES string of the molecule is CC[C@@H](O)CCCF. The van der Waals surface area contributed by atoms with Gasteiger partial charge in [-0.2, -0.15) is 0 Å². The number of aliphatic hydroxyl groups is 1. The molecule has 0 spiro atoms. The molecule has 0 heterocycles. The van der Waals surface area contributed by atoms with Crippen LogP contribution in [0.25, 0.3) is 0 Å². The first-order chi connectivity index (χ1) is 3.81. The van der Waals surface area contributed by atoms with Gasteiger partial charge in [-0.15, -0.1) is 0 Å². The highest BCUT2D eigenvalue weighted by molar-refractivity contribution is 4.50. The topological polar surface area (TPSA) is 20.2 Å². The highest BCUT2D eigenvalue weighted by Crippen LogP contribution is 1.99. The summed E-state index contributed by atoms with van der Waals surface area (Å²) in [4.78, 5) is 0. The van der Waals surface area contributed by atoms with Crippen LogP contribution in [-0.4, -0.2) is 17.9 Å². The van der Waals surface area contributed by atoms with Crippen molar-refractivity contribution in [3.8, 4) is 0 Å². The quantitative estimate of drug-likeness (QED) is 0.596. The molecule has 0 aromatic carbocycles. The molecule has 0 radical (unpaired) electrons. The second kappa shape index (κ2) is 5.04. The van der Waals surface area contributed by atoms with Gasteiger partial charge in [0.2, 0.25) is 0 Å². The second-order valence-corrected chi connectivity index (χ2v) is 1.89. The molecular formula is C6H13FO. The molecule has 0 aromatic rings. The van der Waals surface area contributed by atoms with Crippen LogP contribution in [0.4, 0.5) is 4.39 Å². The van der Waals surface area contributed by atoms with Crippen LogP contribution in [0.1, 0.15) is 26.2 Å². The molecule has 0 aliphatic rings. The van der Waals surface area contributed by atoms with Gasteiger partial charge in [-0.25, -0.2) is 0 Å². The number of alkyl halides is 1. The molecule has 0 aromatic heterocycles. The molecule has 0 unspecified atom stereocenters. The van der Waals surface area contributed by atoms with Crippen molar-refractivity contribution in [2.45, 2.75) is 32.3 Å². The van der Waals surface area contributed by atoms with Crippen molar-refractivity contribution in [1.82, 2.24) is 0 Å². The van der Waals surface area contributed by atoms with E-state index in [-0.39, 0.29) is 12.8 Å². The van der Waals surface area contributed by atoms with Crippen LogP contribution in [-0.2, 0) is 0 Å². The van der Waals surface area contributed by atoms with E-state index in [1.54, 1.807) is 0 Å². The van der Waals surface area contributed by atoms with Gasteiger partial charge in [0.25, 0.3) is 0 Å².